The smallest absolute Gasteiger partial charge is 0.187 e. The van der Waals surface area contributed by atoms with Crippen molar-refractivity contribution in [3.05, 3.63) is 29.5 Å². The first-order chi connectivity index (χ1) is 15.7. The average molecular weight is 453 g/mol. The molecular weight excluding hydrogens is 420 g/mol. The van der Waals surface area contributed by atoms with Crippen molar-refractivity contribution >= 4 is 26.8 Å². The molecule has 3 fully saturated rings. The summed E-state index contributed by atoms with van der Waals surface area (Å²) >= 11 is 1.74. The molecular formula is C24H32N6OS. The maximum absolute atomic E-state index is 6.17. The summed E-state index contributed by atoms with van der Waals surface area (Å²) < 4.78 is 9.48. The van der Waals surface area contributed by atoms with E-state index in [1.807, 2.05) is 6.20 Å². The molecule has 32 heavy (non-hydrogen) atoms. The quantitative estimate of drug-likeness (QED) is 0.519. The van der Waals surface area contributed by atoms with Crippen molar-refractivity contribution in [2.24, 2.45) is 0 Å². The van der Waals surface area contributed by atoms with E-state index in [4.69, 9.17) is 19.7 Å². The maximum Gasteiger partial charge on any atom is 0.187 e. The molecule has 2 atom stereocenters. The summed E-state index contributed by atoms with van der Waals surface area (Å²) in [5.41, 5.74) is 3.33. The molecule has 1 aliphatic heterocycles. The highest BCUT2D eigenvalue weighted by Crippen LogP contribution is 2.42. The molecule has 170 valence electrons. The minimum Gasteiger partial charge on any atom is -0.373 e. The van der Waals surface area contributed by atoms with Crippen LogP contribution < -0.4 is 4.90 Å². The van der Waals surface area contributed by atoms with E-state index in [9.17, 15) is 0 Å². The van der Waals surface area contributed by atoms with Crippen LogP contribution in [0.4, 0.5) is 5.13 Å². The topological polar surface area (TPSA) is 69.0 Å². The van der Waals surface area contributed by atoms with Gasteiger partial charge in [-0.05, 0) is 38.5 Å². The van der Waals surface area contributed by atoms with Gasteiger partial charge in [0.1, 0.15) is 5.82 Å². The summed E-state index contributed by atoms with van der Waals surface area (Å²) in [6.07, 6.45) is 15.0. The molecule has 2 saturated carbocycles. The second kappa shape index (κ2) is 8.37. The summed E-state index contributed by atoms with van der Waals surface area (Å²) in [5.74, 6) is 1.81. The van der Waals surface area contributed by atoms with Crippen molar-refractivity contribution in [2.75, 3.05) is 25.6 Å². The highest BCUT2D eigenvalue weighted by Gasteiger charge is 2.32. The van der Waals surface area contributed by atoms with Crippen molar-refractivity contribution in [1.82, 2.24) is 24.7 Å². The first kappa shape index (κ1) is 20.5. The Morgan fingerprint density at radius 1 is 1.00 bits per heavy atom. The van der Waals surface area contributed by atoms with Gasteiger partial charge in [-0.2, -0.15) is 10.1 Å². The first-order valence-corrected chi connectivity index (χ1v) is 13.0. The Balaban J connectivity index is 1.32. The van der Waals surface area contributed by atoms with Crippen molar-refractivity contribution in [1.29, 1.82) is 0 Å². The molecule has 8 heteroatoms. The lowest BCUT2D eigenvalue weighted by Crippen LogP contribution is -2.21. The molecule has 0 unspecified atom stereocenters. The Morgan fingerprint density at radius 3 is 2.62 bits per heavy atom. The van der Waals surface area contributed by atoms with Crippen molar-refractivity contribution in [3.63, 3.8) is 0 Å². The van der Waals surface area contributed by atoms with Crippen LogP contribution in [0.25, 0.3) is 10.3 Å². The van der Waals surface area contributed by atoms with E-state index < -0.39 is 0 Å². The number of fused-ring (bicyclic) bond motifs is 1. The highest BCUT2D eigenvalue weighted by atomic mass is 32.1. The molecule has 6 rings (SSSR count). The molecule has 0 spiro atoms. The van der Waals surface area contributed by atoms with Gasteiger partial charge in [0.05, 0.1) is 28.7 Å². The van der Waals surface area contributed by atoms with Crippen molar-refractivity contribution in [2.45, 2.75) is 81.8 Å². The third kappa shape index (κ3) is 3.92. The van der Waals surface area contributed by atoms with Gasteiger partial charge in [-0.25, -0.2) is 9.97 Å². The Morgan fingerprint density at radius 2 is 1.84 bits per heavy atom. The minimum absolute atomic E-state index is 0.0754. The third-order valence-electron chi connectivity index (χ3n) is 7.22. The summed E-state index contributed by atoms with van der Waals surface area (Å²) in [5, 5.41) is 5.59. The van der Waals surface area contributed by atoms with E-state index in [1.54, 1.807) is 11.3 Å². The first-order valence-electron chi connectivity index (χ1n) is 12.2. The molecule has 0 bridgehead atoms. The summed E-state index contributed by atoms with van der Waals surface area (Å²) in [6.45, 7) is 0.740. The monoisotopic (exact) mass is 452 g/mol. The summed E-state index contributed by atoms with van der Waals surface area (Å²) in [4.78, 5) is 17.2. The second-order valence-corrected chi connectivity index (χ2v) is 10.9. The van der Waals surface area contributed by atoms with E-state index in [0.29, 0.717) is 17.9 Å². The zero-order valence-electron chi connectivity index (χ0n) is 19.0. The van der Waals surface area contributed by atoms with Gasteiger partial charge in [-0.1, -0.05) is 30.6 Å². The van der Waals surface area contributed by atoms with E-state index >= 15 is 0 Å². The van der Waals surface area contributed by atoms with Gasteiger partial charge in [0, 0.05) is 44.3 Å². The van der Waals surface area contributed by atoms with Gasteiger partial charge in [-0.3, -0.25) is 4.68 Å². The SMILES string of the molecule is CN(C)c1nc2nc([C@@H]3CCO[C@H](c4cnn(C5CC5)c4)C3)nc(C3CCCCC3)c2s1. The molecule has 3 aliphatic rings. The van der Waals surface area contributed by atoms with E-state index in [2.05, 4.69) is 35.0 Å². The Bertz CT molecular complexity index is 1100. The standard InChI is InChI=1S/C24H32N6OS/c1-29(2)24-28-23-21(32-24)20(15-6-4-3-5-7-15)26-22(27-23)16-10-11-31-19(12-16)17-13-25-30(14-17)18-8-9-18/h13-16,18-19H,3-12H2,1-2H3/t16-,19+/m1/s1. The molecule has 3 aromatic rings. The van der Waals surface area contributed by atoms with E-state index in [-0.39, 0.29) is 6.10 Å². The maximum atomic E-state index is 6.17. The molecule has 2 aliphatic carbocycles. The third-order valence-corrected chi connectivity index (χ3v) is 8.46. The van der Waals surface area contributed by atoms with Gasteiger partial charge >= 0.3 is 0 Å². The molecule has 1 saturated heterocycles. The predicted octanol–water partition coefficient (Wildman–Crippen LogP) is 5.37. The highest BCUT2D eigenvalue weighted by molar-refractivity contribution is 7.22. The number of nitrogens with zero attached hydrogens (tertiary/aromatic N) is 6. The number of hydrogen-bond donors (Lipinski definition) is 0. The zero-order valence-corrected chi connectivity index (χ0v) is 19.9. The average Bonchev–Trinajstić information content (AvgIpc) is 3.38. The van der Waals surface area contributed by atoms with Crippen LogP contribution in [0.1, 0.15) is 98.9 Å². The molecule has 4 heterocycles. The van der Waals surface area contributed by atoms with Gasteiger partial charge in [0.25, 0.3) is 0 Å². The molecule has 0 aromatic carbocycles. The number of thiazole rings is 1. The molecule has 0 amide bonds. The predicted molar refractivity (Wildman–Crippen MR) is 127 cm³/mol. The fraction of sp³-hybridized carbons (Fsp3) is 0.667. The Hall–Kier alpha value is -2.06. The Kier molecular flexibility index (Phi) is 5.38. The van der Waals surface area contributed by atoms with Crippen LogP contribution in [0.5, 0.6) is 0 Å². The lowest BCUT2D eigenvalue weighted by molar-refractivity contribution is 0.00391. The fourth-order valence-electron chi connectivity index (χ4n) is 5.20. The Labute approximate surface area is 193 Å². The minimum atomic E-state index is 0.0754. The van der Waals surface area contributed by atoms with Crippen molar-refractivity contribution < 1.29 is 4.74 Å². The van der Waals surface area contributed by atoms with Crippen LogP contribution in [0.3, 0.4) is 0 Å². The second-order valence-electron chi connectivity index (χ2n) is 9.91. The van der Waals surface area contributed by atoms with Gasteiger partial charge in [0.15, 0.2) is 10.8 Å². The normalized spacial score (nSPS) is 24.8. The summed E-state index contributed by atoms with van der Waals surface area (Å²) in [6, 6.07) is 0.600. The largest absolute Gasteiger partial charge is 0.373 e. The van der Waals surface area contributed by atoms with E-state index in [0.717, 1.165) is 36.1 Å². The van der Waals surface area contributed by atoms with Gasteiger partial charge in [-0.15, -0.1) is 0 Å². The van der Waals surface area contributed by atoms with Gasteiger partial charge < -0.3 is 9.64 Å². The van der Waals surface area contributed by atoms with Crippen molar-refractivity contribution in [3.8, 4) is 0 Å². The van der Waals surface area contributed by atoms with Gasteiger partial charge in [0.2, 0.25) is 0 Å². The van der Waals surface area contributed by atoms with Crippen LogP contribution in [-0.2, 0) is 4.74 Å². The lowest BCUT2D eigenvalue weighted by Gasteiger charge is -2.29. The number of rotatable bonds is 5. The van der Waals surface area contributed by atoms with Crippen LogP contribution in [0, 0.1) is 0 Å². The fourth-order valence-corrected chi connectivity index (χ4v) is 6.20. The van der Waals surface area contributed by atoms with Crippen LogP contribution >= 0.6 is 11.3 Å². The molecule has 0 radical (unpaired) electrons. The lowest BCUT2D eigenvalue weighted by atomic mass is 9.86. The summed E-state index contributed by atoms with van der Waals surface area (Å²) in [7, 11) is 4.11. The van der Waals surface area contributed by atoms with Crippen LogP contribution in [-0.4, -0.2) is 45.4 Å². The number of aromatic nitrogens is 5. The molecule has 7 nitrogen and oxygen atoms in total. The van der Waals surface area contributed by atoms with Crippen LogP contribution in [0.2, 0.25) is 0 Å². The van der Waals surface area contributed by atoms with Crippen LogP contribution in [0.15, 0.2) is 12.4 Å². The number of ether oxygens (including phenoxy) is 1. The number of hydrogen-bond acceptors (Lipinski definition) is 7. The molecule has 0 N–H and O–H groups in total. The number of anilines is 1. The molecule has 3 aromatic heterocycles. The van der Waals surface area contributed by atoms with E-state index in [1.165, 1.54) is 60.9 Å². The zero-order chi connectivity index (χ0) is 21.7.